The van der Waals surface area contributed by atoms with Gasteiger partial charge in [0, 0.05) is 6.54 Å². The molecule has 22 nitrogen and oxygen atoms in total. The van der Waals surface area contributed by atoms with Gasteiger partial charge in [-0.25, -0.2) is 0 Å². The van der Waals surface area contributed by atoms with Crippen LogP contribution in [0.4, 0.5) is 5.69 Å². The van der Waals surface area contributed by atoms with Gasteiger partial charge in [-0.05, 0) is 6.92 Å². The standard InChI is InChI=1S/C30H49NO21/c1-2-46-27-15(17(36)19(27)38)31-3-4-44-5-6-45-7-8-47-28-23(42)20(39)25(13(10-33)49-28)52-30-24(43)21(40)26(14(11-34)50-30)51-29-22(41)18(37)16(35)12(9-32)48-29/h12-14,16,18,20-26,28-35,37,39-43H,2-11H2,1H3/t12-,13-,14-,16+,18+,20-,21-,22-,23-,24-,25-,26+,28-,29-,30+/m1/s1. The summed E-state index contributed by atoms with van der Waals surface area (Å²) in [5, 5.41) is 106. The molecule has 1 aromatic carbocycles. The van der Waals surface area contributed by atoms with Crippen LogP contribution in [0.2, 0.25) is 0 Å². The Morgan fingerprint density at radius 1 is 0.577 bits per heavy atom. The molecule has 3 fully saturated rings. The maximum atomic E-state index is 11.6. The Morgan fingerprint density at radius 3 is 1.62 bits per heavy atom. The molecule has 0 radical (unpaired) electrons. The van der Waals surface area contributed by atoms with Gasteiger partial charge in [-0.2, -0.15) is 0 Å². The number of anilines is 1. The minimum absolute atomic E-state index is 0.00993. The highest BCUT2D eigenvalue weighted by molar-refractivity contribution is 5.61. The van der Waals surface area contributed by atoms with Crippen LogP contribution >= 0.6 is 0 Å². The summed E-state index contributed by atoms with van der Waals surface area (Å²) in [5.41, 5.74) is -1.20. The first-order valence-corrected chi connectivity index (χ1v) is 16.7. The summed E-state index contributed by atoms with van der Waals surface area (Å²) in [6.45, 7) is 0.261. The molecule has 0 amide bonds. The molecule has 15 atom stereocenters. The van der Waals surface area contributed by atoms with E-state index < -0.39 is 123 Å². The molecule has 1 aromatic rings. The van der Waals surface area contributed by atoms with Gasteiger partial charge in [-0.3, -0.25) is 9.59 Å². The van der Waals surface area contributed by atoms with Gasteiger partial charge < -0.3 is 99.0 Å². The number of aliphatic hydroxyl groups excluding tert-OH is 10. The Bertz CT molecular complexity index is 1280. The van der Waals surface area contributed by atoms with Crippen molar-refractivity contribution in [3.8, 4) is 5.75 Å². The van der Waals surface area contributed by atoms with E-state index >= 15 is 0 Å². The second-order valence-corrected chi connectivity index (χ2v) is 12.1. The molecular formula is C30H49NO21. The lowest BCUT2D eigenvalue weighted by Crippen LogP contribution is -2.66. The molecule has 300 valence electrons. The highest BCUT2D eigenvalue weighted by atomic mass is 16.8. The molecule has 52 heavy (non-hydrogen) atoms. The Balaban J connectivity index is 1.19. The molecule has 0 saturated carbocycles. The van der Waals surface area contributed by atoms with Gasteiger partial charge in [-0.15, -0.1) is 0 Å². The third-order valence-corrected chi connectivity index (χ3v) is 8.66. The van der Waals surface area contributed by atoms with Crippen LogP contribution in [0, 0.1) is 0 Å². The zero-order valence-electron chi connectivity index (χ0n) is 28.2. The number of ether oxygens (including phenoxy) is 9. The van der Waals surface area contributed by atoms with E-state index in [2.05, 4.69) is 5.32 Å². The molecule has 22 heteroatoms. The zero-order chi connectivity index (χ0) is 38.1. The van der Waals surface area contributed by atoms with Crippen LogP contribution in [0.3, 0.4) is 0 Å². The molecule has 0 aromatic heterocycles. The molecule has 11 N–H and O–H groups in total. The zero-order valence-corrected chi connectivity index (χ0v) is 28.2. The molecule has 0 spiro atoms. The highest BCUT2D eigenvalue weighted by Crippen LogP contribution is 2.32. The van der Waals surface area contributed by atoms with Crippen molar-refractivity contribution in [2.75, 3.05) is 71.3 Å². The smallest absolute Gasteiger partial charge is 0.272 e. The van der Waals surface area contributed by atoms with E-state index in [9.17, 15) is 60.7 Å². The molecule has 3 aliphatic rings. The molecular weight excluding hydrogens is 710 g/mol. The third-order valence-electron chi connectivity index (χ3n) is 8.66. The third kappa shape index (κ3) is 9.79. The fourth-order valence-electron chi connectivity index (χ4n) is 5.79. The van der Waals surface area contributed by atoms with Crippen molar-refractivity contribution in [3.05, 3.63) is 20.4 Å². The highest BCUT2D eigenvalue weighted by Gasteiger charge is 2.53. The Hall–Kier alpha value is -2.04. The van der Waals surface area contributed by atoms with E-state index in [0.717, 1.165) is 0 Å². The maximum Gasteiger partial charge on any atom is 0.272 e. The van der Waals surface area contributed by atoms with Crippen LogP contribution in [0.5, 0.6) is 5.75 Å². The first-order chi connectivity index (χ1) is 24.9. The van der Waals surface area contributed by atoms with Gasteiger partial charge in [0.1, 0.15) is 78.9 Å². The summed E-state index contributed by atoms with van der Waals surface area (Å²) in [7, 11) is 0. The lowest BCUT2D eigenvalue weighted by molar-refractivity contribution is -0.379. The van der Waals surface area contributed by atoms with Crippen LogP contribution in [-0.2, 0) is 37.9 Å². The SMILES string of the molecule is CCOc1c(NCCOCCOCCO[C@@H]2O[C@H](CO)[C@@H](O[C@@H]3O[C@H](CO)[C@H](O[C@H]4O[C@H](CO)[C@H](O)[C@H](O)[C@H]4O)[C@H](O)[C@H]3O)[C@H](O)[C@H]2O)c(=O)c1=O. The fraction of sp³-hybridized carbons (Fsp3) is 0.867. The average molecular weight is 760 g/mol. The largest absolute Gasteiger partial charge is 0.488 e. The van der Waals surface area contributed by atoms with E-state index in [1.807, 2.05) is 0 Å². The summed E-state index contributed by atoms with van der Waals surface area (Å²) in [4.78, 5) is 23.1. The van der Waals surface area contributed by atoms with Crippen molar-refractivity contribution in [1.29, 1.82) is 0 Å². The molecule has 0 aliphatic carbocycles. The summed E-state index contributed by atoms with van der Waals surface area (Å²) >= 11 is 0. The van der Waals surface area contributed by atoms with Crippen LogP contribution in [-0.4, -0.2) is 209 Å². The molecule has 3 heterocycles. The van der Waals surface area contributed by atoms with Gasteiger partial charge in [0.25, 0.3) is 10.9 Å². The first-order valence-electron chi connectivity index (χ1n) is 16.7. The minimum atomic E-state index is -1.95. The number of aliphatic hydroxyl groups is 10. The summed E-state index contributed by atoms with van der Waals surface area (Å²) in [6, 6.07) is 0. The van der Waals surface area contributed by atoms with Crippen molar-refractivity contribution in [3.63, 3.8) is 0 Å². The van der Waals surface area contributed by atoms with E-state index in [-0.39, 0.29) is 57.6 Å². The second-order valence-electron chi connectivity index (χ2n) is 12.1. The van der Waals surface area contributed by atoms with E-state index in [4.69, 9.17) is 42.6 Å². The maximum absolute atomic E-state index is 11.6. The van der Waals surface area contributed by atoms with Gasteiger partial charge >= 0.3 is 0 Å². The molecule has 0 unspecified atom stereocenters. The normalized spacial score (nSPS) is 38.4. The number of hydrogen-bond acceptors (Lipinski definition) is 22. The van der Waals surface area contributed by atoms with Gasteiger partial charge in [-0.1, -0.05) is 0 Å². The lowest BCUT2D eigenvalue weighted by atomic mass is 9.96. The molecule has 0 bridgehead atoms. The Morgan fingerprint density at radius 2 is 1.06 bits per heavy atom. The van der Waals surface area contributed by atoms with Gasteiger partial charge in [0.05, 0.1) is 59.5 Å². The van der Waals surface area contributed by atoms with Crippen molar-refractivity contribution in [2.45, 2.75) is 99.0 Å². The van der Waals surface area contributed by atoms with Crippen molar-refractivity contribution in [1.82, 2.24) is 0 Å². The van der Waals surface area contributed by atoms with Crippen molar-refractivity contribution < 1.29 is 93.7 Å². The van der Waals surface area contributed by atoms with E-state index in [1.54, 1.807) is 6.92 Å². The number of nitrogens with one attached hydrogen (secondary N) is 1. The lowest BCUT2D eigenvalue weighted by Gasteiger charge is -2.48. The topological polar surface area (TPSA) is 332 Å². The summed E-state index contributed by atoms with van der Waals surface area (Å²) in [5.74, 6) is 0.00993. The van der Waals surface area contributed by atoms with Crippen molar-refractivity contribution in [2.24, 2.45) is 0 Å². The first kappa shape index (κ1) is 42.7. The predicted octanol–water partition coefficient (Wildman–Crippen LogP) is -7.41. The van der Waals surface area contributed by atoms with Crippen LogP contribution < -0.4 is 20.9 Å². The minimum Gasteiger partial charge on any atom is -0.488 e. The van der Waals surface area contributed by atoms with E-state index in [1.165, 1.54) is 0 Å². The second kappa shape index (κ2) is 20.0. The molecule has 3 saturated heterocycles. The summed E-state index contributed by atoms with van der Waals surface area (Å²) in [6.07, 6.45) is -25.0. The van der Waals surface area contributed by atoms with Crippen LogP contribution in [0.15, 0.2) is 9.59 Å². The number of hydrogen-bond donors (Lipinski definition) is 11. The van der Waals surface area contributed by atoms with Gasteiger partial charge in [0.2, 0.25) is 0 Å². The Kier molecular flexibility index (Phi) is 16.5. The van der Waals surface area contributed by atoms with E-state index in [0.29, 0.717) is 0 Å². The van der Waals surface area contributed by atoms with Gasteiger partial charge in [0.15, 0.2) is 24.6 Å². The number of rotatable bonds is 20. The summed E-state index contributed by atoms with van der Waals surface area (Å²) < 4.78 is 48.9. The average Bonchev–Trinajstić information content (AvgIpc) is 3.15. The van der Waals surface area contributed by atoms with Crippen LogP contribution in [0.1, 0.15) is 6.92 Å². The predicted molar refractivity (Wildman–Crippen MR) is 168 cm³/mol. The monoisotopic (exact) mass is 759 g/mol. The molecule has 4 rings (SSSR count). The Labute approximate surface area is 296 Å². The van der Waals surface area contributed by atoms with Crippen molar-refractivity contribution >= 4 is 5.69 Å². The van der Waals surface area contributed by atoms with Crippen LogP contribution in [0.25, 0.3) is 0 Å². The fourth-order valence-corrected chi connectivity index (χ4v) is 5.79. The molecule has 3 aliphatic heterocycles. The quantitative estimate of drug-likeness (QED) is 0.0434.